The topological polar surface area (TPSA) is 71.8 Å². The van der Waals surface area contributed by atoms with Crippen LogP contribution >= 0.6 is 15.9 Å². The normalized spacial score (nSPS) is 10.8. The van der Waals surface area contributed by atoms with Crippen LogP contribution in [0.1, 0.15) is 27.2 Å². The molecule has 0 fully saturated rings. The molecule has 0 saturated heterocycles. The SMILES string of the molecule is Cc1[nH]c(-c2nnco2)c(C)c1C(=O)c1cccc(Br)c1. The molecule has 0 spiro atoms. The number of rotatable bonds is 3. The van der Waals surface area contributed by atoms with Crippen molar-refractivity contribution in [1.82, 2.24) is 15.2 Å². The third kappa shape index (κ3) is 2.42. The number of halogens is 1. The molecule has 0 aliphatic rings. The maximum Gasteiger partial charge on any atom is 0.264 e. The Morgan fingerprint density at radius 3 is 2.81 bits per heavy atom. The highest BCUT2D eigenvalue weighted by Gasteiger charge is 2.22. The Balaban J connectivity index is 2.09. The molecule has 0 bridgehead atoms. The van der Waals surface area contributed by atoms with Gasteiger partial charge in [-0.05, 0) is 31.5 Å². The molecule has 0 radical (unpaired) electrons. The minimum Gasteiger partial charge on any atom is -0.422 e. The minimum absolute atomic E-state index is 0.0340. The highest BCUT2D eigenvalue weighted by molar-refractivity contribution is 9.10. The molecule has 3 rings (SSSR count). The molecule has 106 valence electrons. The predicted octanol–water partition coefficient (Wildman–Crippen LogP) is 3.68. The first-order valence-electron chi connectivity index (χ1n) is 6.34. The van der Waals surface area contributed by atoms with E-state index in [4.69, 9.17) is 4.42 Å². The maximum atomic E-state index is 12.7. The van der Waals surface area contributed by atoms with Crippen LogP contribution in [0, 0.1) is 13.8 Å². The Labute approximate surface area is 129 Å². The van der Waals surface area contributed by atoms with Crippen molar-refractivity contribution >= 4 is 21.7 Å². The smallest absolute Gasteiger partial charge is 0.264 e. The molecule has 2 aromatic heterocycles. The fourth-order valence-electron chi connectivity index (χ4n) is 2.36. The summed E-state index contributed by atoms with van der Waals surface area (Å²) < 4.78 is 6.07. The van der Waals surface area contributed by atoms with Gasteiger partial charge in [0.05, 0.1) is 0 Å². The van der Waals surface area contributed by atoms with Gasteiger partial charge in [0.15, 0.2) is 5.78 Å². The Kier molecular flexibility index (Phi) is 3.47. The van der Waals surface area contributed by atoms with Gasteiger partial charge < -0.3 is 9.40 Å². The Hall–Kier alpha value is -2.21. The van der Waals surface area contributed by atoms with E-state index in [9.17, 15) is 4.79 Å². The number of carbonyl (C=O) groups is 1. The summed E-state index contributed by atoms with van der Waals surface area (Å²) in [5, 5.41) is 7.55. The molecule has 0 aliphatic heterocycles. The van der Waals surface area contributed by atoms with Crippen LogP contribution in [-0.4, -0.2) is 21.0 Å². The summed E-state index contributed by atoms with van der Waals surface area (Å²) in [6.07, 6.45) is 1.26. The van der Waals surface area contributed by atoms with Gasteiger partial charge in [0.1, 0.15) is 5.69 Å². The van der Waals surface area contributed by atoms with Crippen LogP contribution in [-0.2, 0) is 0 Å². The molecule has 5 nitrogen and oxygen atoms in total. The largest absolute Gasteiger partial charge is 0.422 e. The molecular formula is C15H12BrN3O2. The Morgan fingerprint density at radius 1 is 1.33 bits per heavy atom. The van der Waals surface area contributed by atoms with Crippen molar-refractivity contribution in [3.05, 3.63) is 57.5 Å². The molecule has 2 heterocycles. The van der Waals surface area contributed by atoms with Gasteiger partial charge in [-0.15, -0.1) is 10.2 Å². The molecule has 3 aromatic rings. The number of H-pyrrole nitrogens is 1. The lowest BCUT2D eigenvalue weighted by Crippen LogP contribution is -2.03. The maximum absolute atomic E-state index is 12.7. The van der Waals surface area contributed by atoms with Gasteiger partial charge in [-0.3, -0.25) is 4.79 Å². The van der Waals surface area contributed by atoms with Crippen molar-refractivity contribution in [3.8, 4) is 11.6 Å². The second-order valence-electron chi connectivity index (χ2n) is 4.71. The van der Waals surface area contributed by atoms with Crippen LogP contribution in [0.25, 0.3) is 11.6 Å². The fraction of sp³-hybridized carbons (Fsp3) is 0.133. The first kappa shape index (κ1) is 13.8. The average molecular weight is 346 g/mol. The van der Waals surface area contributed by atoms with E-state index in [1.165, 1.54) is 6.39 Å². The van der Waals surface area contributed by atoms with Crippen molar-refractivity contribution in [2.75, 3.05) is 0 Å². The third-order valence-electron chi connectivity index (χ3n) is 3.33. The summed E-state index contributed by atoms with van der Waals surface area (Å²) in [6, 6.07) is 7.33. The Bertz CT molecular complexity index is 806. The van der Waals surface area contributed by atoms with E-state index < -0.39 is 0 Å². The predicted molar refractivity (Wildman–Crippen MR) is 81.1 cm³/mol. The van der Waals surface area contributed by atoms with E-state index in [0.29, 0.717) is 22.7 Å². The van der Waals surface area contributed by atoms with Crippen molar-refractivity contribution in [2.24, 2.45) is 0 Å². The number of hydrogen-bond acceptors (Lipinski definition) is 4. The minimum atomic E-state index is -0.0340. The summed E-state index contributed by atoms with van der Waals surface area (Å²) in [7, 11) is 0. The third-order valence-corrected chi connectivity index (χ3v) is 3.82. The second-order valence-corrected chi connectivity index (χ2v) is 5.62. The molecular weight excluding hydrogens is 334 g/mol. The van der Waals surface area contributed by atoms with Crippen LogP contribution in [0.15, 0.2) is 39.5 Å². The molecule has 0 aliphatic carbocycles. The highest BCUT2D eigenvalue weighted by atomic mass is 79.9. The second kappa shape index (κ2) is 5.29. The first-order chi connectivity index (χ1) is 10.1. The van der Waals surface area contributed by atoms with Crippen molar-refractivity contribution in [1.29, 1.82) is 0 Å². The first-order valence-corrected chi connectivity index (χ1v) is 7.13. The lowest BCUT2D eigenvalue weighted by atomic mass is 10.00. The van der Waals surface area contributed by atoms with Crippen molar-refractivity contribution < 1.29 is 9.21 Å². The van der Waals surface area contributed by atoms with Gasteiger partial charge in [0.25, 0.3) is 5.89 Å². The summed E-state index contributed by atoms with van der Waals surface area (Å²) in [5.74, 6) is 0.345. The lowest BCUT2D eigenvalue weighted by Gasteiger charge is -2.03. The average Bonchev–Trinajstić information content (AvgIpc) is 3.06. The molecule has 0 amide bonds. The van der Waals surface area contributed by atoms with E-state index >= 15 is 0 Å². The van der Waals surface area contributed by atoms with Crippen LogP contribution in [0.4, 0.5) is 0 Å². The van der Waals surface area contributed by atoms with Gasteiger partial charge in [-0.2, -0.15) is 0 Å². The number of aryl methyl sites for hydroxylation is 1. The number of aromatic nitrogens is 3. The van der Waals surface area contributed by atoms with E-state index in [1.54, 1.807) is 12.1 Å². The van der Waals surface area contributed by atoms with Crippen molar-refractivity contribution in [3.63, 3.8) is 0 Å². The van der Waals surface area contributed by atoms with Gasteiger partial charge in [0.2, 0.25) is 6.39 Å². The molecule has 1 N–H and O–H groups in total. The van der Waals surface area contributed by atoms with Gasteiger partial charge in [-0.1, -0.05) is 28.1 Å². The van der Waals surface area contributed by atoms with E-state index in [-0.39, 0.29) is 5.78 Å². The summed E-state index contributed by atoms with van der Waals surface area (Å²) >= 11 is 3.38. The zero-order valence-corrected chi connectivity index (χ0v) is 13.1. The standard InChI is InChI=1S/C15H12BrN3O2/c1-8-12(14(20)10-4-3-5-11(16)6-10)9(2)18-13(8)15-19-17-7-21-15/h3-7,18H,1-2H3. The number of hydrogen-bond donors (Lipinski definition) is 1. The van der Waals surface area contributed by atoms with Gasteiger partial charge >= 0.3 is 0 Å². The summed E-state index contributed by atoms with van der Waals surface area (Å²) in [4.78, 5) is 15.9. The van der Waals surface area contributed by atoms with Crippen LogP contribution < -0.4 is 0 Å². The number of benzene rings is 1. The van der Waals surface area contributed by atoms with E-state index in [2.05, 4.69) is 31.1 Å². The molecule has 0 saturated carbocycles. The lowest BCUT2D eigenvalue weighted by molar-refractivity contribution is 0.103. The zero-order chi connectivity index (χ0) is 15.0. The Morgan fingerprint density at radius 2 is 2.14 bits per heavy atom. The highest BCUT2D eigenvalue weighted by Crippen LogP contribution is 2.28. The van der Waals surface area contributed by atoms with Gasteiger partial charge in [0, 0.05) is 21.3 Å². The van der Waals surface area contributed by atoms with Crippen LogP contribution in [0.2, 0.25) is 0 Å². The summed E-state index contributed by atoms with van der Waals surface area (Å²) in [5.41, 5.74) is 3.55. The molecule has 6 heteroatoms. The number of nitrogens with one attached hydrogen (secondary N) is 1. The molecule has 0 atom stereocenters. The van der Waals surface area contributed by atoms with Gasteiger partial charge in [-0.25, -0.2) is 0 Å². The zero-order valence-electron chi connectivity index (χ0n) is 11.5. The fourth-order valence-corrected chi connectivity index (χ4v) is 2.76. The monoisotopic (exact) mass is 345 g/mol. The van der Waals surface area contributed by atoms with Crippen LogP contribution in [0.5, 0.6) is 0 Å². The molecule has 0 unspecified atom stereocenters. The number of carbonyl (C=O) groups excluding carboxylic acids is 1. The quantitative estimate of drug-likeness (QED) is 0.735. The number of aromatic amines is 1. The number of nitrogens with zero attached hydrogens (tertiary/aromatic N) is 2. The van der Waals surface area contributed by atoms with Crippen LogP contribution in [0.3, 0.4) is 0 Å². The van der Waals surface area contributed by atoms with Crippen molar-refractivity contribution in [2.45, 2.75) is 13.8 Å². The summed E-state index contributed by atoms with van der Waals surface area (Å²) in [6.45, 7) is 3.73. The molecule has 1 aromatic carbocycles. The van der Waals surface area contributed by atoms with E-state index in [0.717, 1.165) is 15.7 Å². The molecule has 21 heavy (non-hydrogen) atoms. The van der Waals surface area contributed by atoms with E-state index in [1.807, 2.05) is 26.0 Å². The number of ketones is 1.